The van der Waals surface area contributed by atoms with Crippen molar-refractivity contribution in [2.45, 2.75) is 52.5 Å². The second kappa shape index (κ2) is 3.78. The molecule has 0 saturated carbocycles. The van der Waals surface area contributed by atoms with Gasteiger partial charge in [0.05, 0.1) is 0 Å². The summed E-state index contributed by atoms with van der Waals surface area (Å²) in [6.07, 6.45) is 5.58. The Morgan fingerprint density at radius 1 is 1.33 bits per heavy atom. The van der Waals surface area contributed by atoms with Gasteiger partial charge in [0.25, 0.3) is 0 Å². The fourth-order valence-corrected chi connectivity index (χ4v) is 1.94. The highest BCUT2D eigenvalue weighted by atomic mass is 15.1. The summed E-state index contributed by atoms with van der Waals surface area (Å²) in [5.74, 6) is 0. The molecule has 0 unspecified atom stereocenters. The third kappa shape index (κ3) is 3.14. The Morgan fingerprint density at radius 3 is 2.42 bits per heavy atom. The number of hydrogen-bond acceptors (Lipinski definition) is 1. The Bertz CT molecular complexity index is 134. The van der Waals surface area contributed by atoms with Gasteiger partial charge in [0, 0.05) is 6.04 Å². The third-order valence-electron chi connectivity index (χ3n) is 2.90. The summed E-state index contributed by atoms with van der Waals surface area (Å²) in [6.45, 7) is 8.32. The molecule has 1 aliphatic heterocycles. The van der Waals surface area contributed by atoms with E-state index in [2.05, 4.69) is 32.7 Å². The lowest BCUT2D eigenvalue weighted by Crippen LogP contribution is -2.26. The molecule has 1 rings (SSSR count). The van der Waals surface area contributed by atoms with Crippen molar-refractivity contribution < 1.29 is 0 Å². The third-order valence-corrected chi connectivity index (χ3v) is 2.90. The molecule has 0 radical (unpaired) electrons. The highest BCUT2D eigenvalue weighted by Crippen LogP contribution is 2.26. The molecule has 0 aliphatic carbocycles. The smallest absolute Gasteiger partial charge is 0.00928 e. The van der Waals surface area contributed by atoms with Crippen LogP contribution in [0.3, 0.4) is 0 Å². The lowest BCUT2D eigenvalue weighted by atomic mass is 9.88. The fraction of sp³-hybridized carbons (Fsp3) is 1.00. The van der Waals surface area contributed by atoms with Crippen LogP contribution in [0.5, 0.6) is 0 Å². The molecule has 1 saturated heterocycles. The summed E-state index contributed by atoms with van der Waals surface area (Å²) in [5.41, 5.74) is 0.517. The Balaban J connectivity index is 2.23. The normalized spacial score (nSPS) is 26.5. The van der Waals surface area contributed by atoms with E-state index in [1.807, 2.05) is 0 Å². The molecule has 0 aromatic heterocycles. The van der Waals surface area contributed by atoms with Crippen molar-refractivity contribution in [3.8, 4) is 0 Å². The van der Waals surface area contributed by atoms with Gasteiger partial charge in [-0.05, 0) is 44.7 Å². The van der Waals surface area contributed by atoms with Gasteiger partial charge in [0.2, 0.25) is 0 Å². The zero-order chi connectivity index (χ0) is 9.19. The van der Waals surface area contributed by atoms with Gasteiger partial charge in [-0.1, -0.05) is 20.8 Å². The lowest BCUT2D eigenvalue weighted by Gasteiger charge is -2.24. The van der Waals surface area contributed by atoms with Crippen LogP contribution in [-0.2, 0) is 0 Å². The number of hydrogen-bond donors (Lipinski definition) is 0. The summed E-state index contributed by atoms with van der Waals surface area (Å²) in [5, 5.41) is 0. The Hall–Kier alpha value is -0.0400. The zero-order valence-corrected chi connectivity index (χ0v) is 9.06. The SMILES string of the molecule is CN1CCC[C@H]1CCC(C)(C)C. The molecular weight excluding hydrogens is 146 g/mol. The molecule has 0 aromatic carbocycles. The predicted molar refractivity (Wildman–Crippen MR) is 54.3 cm³/mol. The quantitative estimate of drug-likeness (QED) is 0.614. The molecule has 12 heavy (non-hydrogen) atoms. The van der Waals surface area contributed by atoms with Crippen LogP contribution in [-0.4, -0.2) is 24.5 Å². The maximum atomic E-state index is 2.52. The first kappa shape index (κ1) is 10.0. The molecular formula is C11H23N. The molecule has 1 heteroatoms. The van der Waals surface area contributed by atoms with Crippen molar-refractivity contribution in [2.24, 2.45) is 5.41 Å². The van der Waals surface area contributed by atoms with Crippen LogP contribution in [0, 0.1) is 5.41 Å². The summed E-state index contributed by atoms with van der Waals surface area (Å²) in [7, 11) is 2.26. The maximum absolute atomic E-state index is 2.52. The Kier molecular flexibility index (Phi) is 3.16. The molecule has 1 nitrogen and oxygen atoms in total. The molecule has 1 fully saturated rings. The van der Waals surface area contributed by atoms with Gasteiger partial charge < -0.3 is 4.90 Å². The number of rotatable bonds is 2. The molecule has 72 valence electrons. The van der Waals surface area contributed by atoms with Crippen LogP contribution < -0.4 is 0 Å². The van der Waals surface area contributed by atoms with E-state index in [1.54, 1.807) is 0 Å². The molecule has 0 spiro atoms. The van der Waals surface area contributed by atoms with E-state index >= 15 is 0 Å². The molecule has 0 amide bonds. The van der Waals surface area contributed by atoms with Crippen LogP contribution in [0.2, 0.25) is 0 Å². The Labute approximate surface area is 77.1 Å². The molecule has 1 heterocycles. The number of likely N-dealkylation sites (tertiary alicyclic amines) is 1. The summed E-state index contributed by atoms with van der Waals surface area (Å²) < 4.78 is 0. The molecule has 1 aliphatic rings. The largest absolute Gasteiger partial charge is 0.303 e. The first-order valence-corrected chi connectivity index (χ1v) is 5.19. The first-order valence-electron chi connectivity index (χ1n) is 5.19. The van der Waals surface area contributed by atoms with Crippen molar-refractivity contribution in [3.05, 3.63) is 0 Å². The van der Waals surface area contributed by atoms with Gasteiger partial charge in [-0.15, -0.1) is 0 Å². The van der Waals surface area contributed by atoms with Crippen molar-refractivity contribution in [1.82, 2.24) is 4.90 Å². The van der Waals surface area contributed by atoms with E-state index in [0.717, 1.165) is 6.04 Å². The van der Waals surface area contributed by atoms with Gasteiger partial charge in [0.15, 0.2) is 0 Å². The minimum Gasteiger partial charge on any atom is -0.303 e. The fourth-order valence-electron chi connectivity index (χ4n) is 1.94. The molecule has 0 N–H and O–H groups in total. The standard InChI is InChI=1S/C11H23N/c1-11(2,3)8-7-10-6-5-9-12(10)4/h10H,5-9H2,1-4H3/t10-/m0/s1. The van der Waals surface area contributed by atoms with E-state index < -0.39 is 0 Å². The predicted octanol–water partition coefficient (Wildman–Crippen LogP) is 2.91. The van der Waals surface area contributed by atoms with Crippen LogP contribution in [0.4, 0.5) is 0 Å². The van der Waals surface area contributed by atoms with Crippen molar-refractivity contribution in [1.29, 1.82) is 0 Å². The maximum Gasteiger partial charge on any atom is 0.00928 e. The van der Waals surface area contributed by atoms with Crippen LogP contribution in [0.25, 0.3) is 0 Å². The first-order chi connectivity index (χ1) is 5.49. The van der Waals surface area contributed by atoms with Crippen LogP contribution >= 0.6 is 0 Å². The van der Waals surface area contributed by atoms with E-state index in [1.165, 1.54) is 32.2 Å². The van der Waals surface area contributed by atoms with Crippen molar-refractivity contribution >= 4 is 0 Å². The van der Waals surface area contributed by atoms with Gasteiger partial charge in [-0.3, -0.25) is 0 Å². The van der Waals surface area contributed by atoms with E-state index in [-0.39, 0.29) is 0 Å². The van der Waals surface area contributed by atoms with Gasteiger partial charge >= 0.3 is 0 Å². The number of nitrogens with zero attached hydrogens (tertiary/aromatic N) is 1. The van der Waals surface area contributed by atoms with Gasteiger partial charge in [-0.2, -0.15) is 0 Å². The van der Waals surface area contributed by atoms with E-state index in [9.17, 15) is 0 Å². The average molecular weight is 169 g/mol. The summed E-state index contributed by atoms with van der Waals surface area (Å²) in [4.78, 5) is 2.52. The van der Waals surface area contributed by atoms with Gasteiger partial charge in [-0.25, -0.2) is 0 Å². The lowest BCUT2D eigenvalue weighted by molar-refractivity contribution is 0.254. The second-order valence-electron chi connectivity index (χ2n) is 5.38. The van der Waals surface area contributed by atoms with Gasteiger partial charge in [0.1, 0.15) is 0 Å². The van der Waals surface area contributed by atoms with E-state index in [4.69, 9.17) is 0 Å². The summed E-state index contributed by atoms with van der Waals surface area (Å²) in [6, 6.07) is 0.879. The average Bonchev–Trinajstić information content (AvgIpc) is 2.29. The van der Waals surface area contributed by atoms with Crippen molar-refractivity contribution in [3.63, 3.8) is 0 Å². The molecule has 0 bridgehead atoms. The molecule has 1 atom stereocenters. The topological polar surface area (TPSA) is 3.24 Å². The highest BCUT2D eigenvalue weighted by Gasteiger charge is 2.22. The zero-order valence-electron chi connectivity index (χ0n) is 9.06. The highest BCUT2D eigenvalue weighted by molar-refractivity contribution is 4.78. The van der Waals surface area contributed by atoms with Crippen LogP contribution in [0.15, 0.2) is 0 Å². The molecule has 0 aromatic rings. The minimum absolute atomic E-state index is 0.517. The second-order valence-corrected chi connectivity index (χ2v) is 5.38. The van der Waals surface area contributed by atoms with E-state index in [0.29, 0.717) is 5.41 Å². The monoisotopic (exact) mass is 169 g/mol. The Morgan fingerprint density at radius 2 is 2.00 bits per heavy atom. The van der Waals surface area contributed by atoms with Crippen molar-refractivity contribution in [2.75, 3.05) is 13.6 Å². The minimum atomic E-state index is 0.517. The van der Waals surface area contributed by atoms with Crippen LogP contribution in [0.1, 0.15) is 46.5 Å². The summed E-state index contributed by atoms with van der Waals surface area (Å²) >= 11 is 0.